The van der Waals surface area contributed by atoms with Crippen molar-refractivity contribution in [3.05, 3.63) is 0 Å². The van der Waals surface area contributed by atoms with Gasteiger partial charge in [-0.15, -0.1) is 0 Å². The molecule has 0 rings (SSSR count). The number of carbonyl (C=O) groups excluding carboxylic acids is 11. The van der Waals surface area contributed by atoms with Crippen molar-refractivity contribution in [1.29, 1.82) is 0 Å². The molecule has 0 heterocycles. The highest BCUT2D eigenvalue weighted by Gasteiger charge is 2.39. The molecule has 23 nitrogen and oxygen atoms in total. The second-order valence-electron chi connectivity index (χ2n) is 23.4. The monoisotopic (exact) mass is 1050 g/mol. The summed E-state index contributed by atoms with van der Waals surface area (Å²) in [6, 6.07) is -8.13. The van der Waals surface area contributed by atoms with Gasteiger partial charge in [-0.1, -0.05) is 55.4 Å². The summed E-state index contributed by atoms with van der Waals surface area (Å²) in [5, 5.41) is 26.1. The lowest BCUT2D eigenvalue weighted by atomic mass is 9.97. The molecule has 0 spiro atoms. The number of alkyl carbamates (subject to hydrolysis) is 1. The summed E-state index contributed by atoms with van der Waals surface area (Å²) in [7, 11) is 1.19. The number of hydrogen-bond acceptors (Lipinski definition) is 13. The van der Waals surface area contributed by atoms with Gasteiger partial charge >= 0.3 is 12.1 Å². The SMILES string of the molecule is COC(=O)C(C)(C)NC(=O)[C@H](CC(C)C)NC(=O)[C@H](C)NC(=O)[C@H](CC(C)C)NC(=O)C(C)(C)NC(=O)[C@H](CC(C)C)NC(=O)[C@H](C)NC(=O)[C@H](CC(C)C)NC(=O)[C@H](C)NC(=O)C(C)(C)NC(=O)OC(C)(C)C. The summed E-state index contributed by atoms with van der Waals surface area (Å²) >= 11 is 0. The van der Waals surface area contributed by atoms with Gasteiger partial charge in [0.05, 0.1) is 7.11 Å². The smallest absolute Gasteiger partial charge is 0.408 e. The zero-order valence-electron chi connectivity index (χ0n) is 48.0. The van der Waals surface area contributed by atoms with Crippen molar-refractivity contribution < 1.29 is 62.2 Å². The molecule has 0 aliphatic carbocycles. The number of rotatable bonds is 28. The average Bonchev–Trinajstić information content (AvgIpc) is 3.22. The topological polar surface area (TPSA) is 327 Å². The van der Waals surface area contributed by atoms with Gasteiger partial charge < -0.3 is 62.6 Å². The van der Waals surface area contributed by atoms with Gasteiger partial charge in [0.2, 0.25) is 53.2 Å². The van der Waals surface area contributed by atoms with Crippen LogP contribution in [0.1, 0.15) is 164 Å². The maximum absolute atomic E-state index is 13.9. The van der Waals surface area contributed by atoms with Crippen LogP contribution in [0.2, 0.25) is 0 Å². The number of hydrogen-bond donors (Lipinski definition) is 10. The standard InChI is InChI=1S/C51H92N10O13/c1-26(2)22-33(55-39(64)32(11)54-44(69)50(17,18)61-47(72)74-48(12,13)14)40(65)52-30(9)37(62)56-35(24-28(5)6)42(67)59-49(15,16)45(70)58-34(23-27(3)4)41(66)53-31(10)38(63)57-36(25-29(7)8)43(68)60-51(19,20)46(71)73-21/h26-36H,22-25H2,1-21H3,(H,52,65)(H,53,66)(H,54,69)(H,55,64)(H,56,62)(H,57,63)(H,58,70)(H,59,67)(H,60,68)(H,61,72)/t30-,31-,32-,33-,34-,35-,36-/m0/s1. The van der Waals surface area contributed by atoms with Crippen molar-refractivity contribution in [3.8, 4) is 0 Å². The van der Waals surface area contributed by atoms with Crippen molar-refractivity contribution in [2.45, 2.75) is 229 Å². The van der Waals surface area contributed by atoms with Crippen molar-refractivity contribution in [2.75, 3.05) is 7.11 Å². The number of ether oxygens (including phenoxy) is 2. The third-order valence-corrected chi connectivity index (χ3v) is 11.1. The van der Waals surface area contributed by atoms with E-state index in [4.69, 9.17) is 9.47 Å². The minimum atomic E-state index is -1.66. The van der Waals surface area contributed by atoms with Crippen LogP contribution < -0.4 is 53.2 Å². The molecule has 0 aromatic heterocycles. The predicted molar refractivity (Wildman–Crippen MR) is 278 cm³/mol. The Balaban J connectivity index is 6.03. The molecule has 0 bridgehead atoms. The number of amides is 10. The van der Waals surface area contributed by atoms with E-state index < -0.39 is 130 Å². The molecule has 10 N–H and O–H groups in total. The van der Waals surface area contributed by atoms with E-state index in [9.17, 15) is 52.7 Å². The molecule has 7 atom stereocenters. The van der Waals surface area contributed by atoms with Crippen LogP contribution in [0, 0.1) is 23.7 Å². The van der Waals surface area contributed by atoms with Gasteiger partial charge in [-0.3, -0.25) is 43.2 Å². The largest absolute Gasteiger partial charge is 0.467 e. The highest BCUT2D eigenvalue weighted by atomic mass is 16.6. The van der Waals surface area contributed by atoms with Gasteiger partial charge in [0.25, 0.3) is 0 Å². The number of methoxy groups -OCH3 is 1. The molecule has 424 valence electrons. The zero-order valence-corrected chi connectivity index (χ0v) is 48.0. The molecule has 0 aliphatic rings. The minimum absolute atomic E-state index is 0.0477. The Morgan fingerprint density at radius 2 is 0.635 bits per heavy atom. The van der Waals surface area contributed by atoms with Gasteiger partial charge in [-0.05, 0) is 132 Å². The van der Waals surface area contributed by atoms with Gasteiger partial charge in [-0.25, -0.2) is 9.59 Å². The second kappa shape index (κ2) is 29.2. The number of esters is 1. The zero-order chi connectivity index (χ0) is 58.0. The molecule has 0 saturated heterocycles. The van der Waals surface area contributed by atoms with Crippen LogP contribution in [-0.2, 0) is 57.4 Å². The molecule has 0 saturated carbocycles. The van der Waals surface area contributed by atoms with Crippen LogP contribution >= 0.6 is 0 Å². The normalized spacial score (nSPS) is 14.9. The second-order valence-corrected chi connectivity index (χ2v) is 23.4. The Kier molecular flexibility index (Phi) is 26.8. The van der Waals surface area contributed by atoms with Crippen molar-refractivity contribution in [2.24, 2.45) is 23.7 Å². The van der Waals surface area contributed by atoms with Crippen LogP contribution in [-0.4, -0.2) is 137 Å². The first-order chi connectivity index (χ1) is 33.5. The van der Waals surface area contributed by atoms with Crippen LogP contribution in [0.3, 0.4) is 0 Å². The fourth-order valence-electron chi connectivity index (χ4n) is 7.01. The van der Waals surface area contributed by atoms with Gasteiger partial charge in [0.15, 0.2) is 0 Å². The molecule has 74 heavy (non-hydrogen) atoms. The highest BCUT2D eigenvalue weighted by Crippen LogP contribution is 2.15. The first-order valence-corrected chi connectivity index (χ1v) is 25.4. The van der Waals surface area contributed by atoms with Crippen molar-refractivity contribution in [3.63, 3.8) is 0 Å². The summed E-state index contributed by atoms with van der Waals surface area (Å²) in [5.74, 6) is -7.50. The Bertz CT molecular complexity index is 1990. The Labute approximate surface area is 438 Å². The molecule has 0 aromatic rings. The van der Waals surface area contributed by atoms with E-state index in [1.54, 1.807) is 20.8 Å². The maximum atomic E-state index is 13.9. The molecule has 23 heteroatoms. The van der Waals surface area contributed by atoms with Crippen LogP contribution in [0.4, 0.5) is 4.79 Å². The summed E-state index contributed by atoms with van der Waals surface area (Å²) in [6.07, 6.45) is -0.211. The Morgan fingerprint density at radius 3 is 0.959 bits per heavy atom. The summed E-state index contributed by atoms with van der Waals surface area (Å²) < 4.78 is 10.0. The lowest BCUT2D eigenvalue weighted by molar-refractivity contribution is -0.149. The predicted octanol–water partition coefficient (Wildman–Crippen LogP) is 1.89. The average molecular weight is 1050 g/mol. The van der Waals surface area contributed by atoms with Crippen molar-refractivity contribution >= 4 is 65.2 Å². The van der Waals surface area contributed by atoms with Gasteiger partial charge in [0, 0.05) is 0 Å². The molecule has 10 amide bonds. The number of nitrogens with one attached hydrogen (secondary N) is 10. The van der Waals surface area contributed by atoms with E-state index in [0.717, 1.165) is 0 Å². The van der Waals surface area contributed by atoms with E-state index in [-0.39, 0.29) is 49.4 Å². The van der Waals surface area contributed by atoms with Crippen LogP contribution in [0.25, 0.3) is 0 Å². The number of carbonyl (C=O) groups is 11. The Morgan fingerprint density at radius 1 is 0.351 bits per heavy atom. The summed E-state index contributed by atoms with van der Waals surface area (Å²) in [6.45, 7) is 32.4. The van der Waals surface area contributed by atoms with E-state index in [1.807, 2.05) is 55.4 Å². The molecule has 0 aromatic carbocycles. The minimum Gasteiger partial charge on any atom is -0.467 e. The van der Waals surface area contributed by atoms with E-state index in [0.29, 0.717) is 0 Å². The molecule has 0 aliphatic heterocycles. The molecule has 0 unspecified atom stereocenters. The van der Waals surface area contributed by atoms with Crippen LogP contribution in [0.5, 0.6) is 0 Å². The Hall–Kier alpha value is -6.03. The van der Waals surface area contributed by atoms with E-state index in [2.05, 4.69) is 53.2 Å². The fraction of sp³-hybridized carbons (Fsp3) is 0.784. The van der Waals surface area contributed by atoms with Gasteiger partial charge in [-0.2, -0.15) is 0 Å². The first-order valence-electron chi connectivity index (χ1n) is 25.4. The quantitative estimate of drug-likeness (QED) is 0.0502. The summed E-state index contributed by atoms with van der Waals surface area (Å²) in [4.78, 5) is 146. The first kappa shape index (κ1) is 68.0. The van der Waals surface area contributed by atoms with Crippen LogP contribution in [0.15, 0.2) is 0 Å². The molecule has 0 radical (unpaired) electrons. The third-order valence-electron chi connectivity index (χ3n) is 11.1. The fourth-order valence-corrected chi connectivity index (χ4v) is 7.01. The lowest BCUT2D eigenvalue weighted by Crippen LogP contribution is -2.63. The highest BCUT2D eigenvalue weighted by molar-refractivity contribution is 5.99. The molecule has 0 fully saturated rings. The van der Waals surface area contributed by atoms with Gasteiger partial charge in [0.1, 0.15) is 64.5 Å². The lowest BCUT2D eigenvalue weighted by Gasteiger charge is -2.31. The molecular weight excluding hydrogens is 961 g/mol. The van der Waals surface area contributed by atoms with E-state index >= 15 is 0 Å². The summed E-state index contributed by atoms with van der Waals surface area (Å²) in [5.41, 5.74) is -5.34. The maximum Gasteiger partial charge on any atom is 0.408 e. The van der Waals surface area contributed by atoms with Crippen molar-refractivity contribution in [1.82, 2.24) is 53.2 Å². The molecular formula is C51H92N10O13. The van der Waals surface area contributed by atoms with E-state index in [1.165, 1.54) is 69.4 Å². The third kappa shape index (κ3) is 24.8.